The lowest BCUT2D eigenvalue weighted by Crippen LogP contribution is -2.38. The van der Waals surface area contributed by atoms with Crippen LogP contribution in [0.2, 0.25) is 5.02 Å². The Morgan fingerprint density at radius 2 is 2.11 bits per heavy atom. The molecule has 1 unspecified atom stereocenters. The lowest BCUT2D eigenvalue weighted by atomic mass is 9.85. The van der Waals surface area contributed by atoms with Gasteiger partial charge in [-0.05, 0) is 25.0 Å². The summed E-state index contributed by atoms with van der Waals surface area (Å²) in [7, 11) is 0. The van der Waals surface area contributed by atoms with Crippen molar-refractivity contribution in [2.45, 2.75) is 32.4 Å². The van der Waals surface area contributed by atoms with Crippen LogP contribution >= 0.6 is 11.6 Å². The van der Waals surface area contributed by atoms with Crippen LogP contribution in [0.5, 0.6) is 0 Å². The summed E-state index contributed by atoms with van der Waals surface area (Å²) in [4.78, 5) is 33.6. The van der Waals surface area contributed by atoms with E-state index < -0.39 is 5.41 Å². The normalized spacial score (nSPS) is 22.2. The lowest BCUT2D eigenvalue weighted by molar-refractivity contribution is -0.137. The molecule has 4 heterocycles. The Morgan fingerprint density at radius 1 is 1.26 bits per heavy atom. The molecule has 1 spiro atoms. The molecular formula is C19H22ClN5O2. The molecule has 142 valence electrons. The molecule has 2 aromatic heterocycles. The highest BCUT2D eigenvalue weighted by Gasteiger charge is 2.51. The molecule has 2 saturated heterocycles. The topological polar surface area (TPSA) is 71.3 Å². The van der Waals surface area contributed by atoms with Gasteiger partial charge in [0.15, 0.2) is 0 Å². The summed E-state index contributed by atoms with van der Waals surface area (Å²) in [6.45, 7) is 2.92. The molecule has 2 aliphatic heterocycles. The first-order valence-electron chi connectivity index (χ1n) is 9.21. The first-order valence-corrected chi connectivity index (χ1v) is 9.59. The molecule has 0 aromatic carbocycles. The maximum atomic E-state index is 13.0. The van der Waals surface area contributed by atoms with E-state index in [1.807, 2.05) is 28.0 Å². The van der Waals surface area contributed by atoms with E-state index in [4.69, 9.17) is 11.6 Å². The zero-order valence-electron chi connectivity index (χ0n) is 15.1. The van der Waals surface area contributed by atoms with Crippen molar-refractivity contribution in [1.82, 2.24) is 24.6 Å². The van der Waals surface area contributed by atoms with Gasteiger partial charge >= 0.3 is 0 Å². The minimum absolute atomic E-state index is 0.0643. The van der Waals surface area contributed by atoms with Gasteiger partial charge in [-0.25, -0.2) is 0 Å². The molecule has 0 N–H and O–H groups in total. The maximum Gasteiger partial charge on any atom is 0.231 e. The van der Waals surface area contributed by atoms with E-state index >= 15 is 0 Å². The second-order valence-corrected chi connectivity index (χ2v) is 7.75. The zero-order valence-corrected chi connectivity index (χ0v) is 15.8. The molecule has 2 fully saturated rings. The number of amides is 2. The van der Waals surface area contributed by atoms with Crippen LogP contribution < -0.4 is 0 Å². The van der Waals surface area contributed by atoms with E-state index in [0.717, 1.165) is 25.1 Å². The summed E-state index contributed by atoms with van der Waals surface area (Å²) in [5.74, 6) is 0.219. The largest absolute Gasteiger partial charge is 0.342 e. The van der Waals surface area contributed by atoms with Crippen molar-refractivity contribution in [3.8, 4) is 0 Å². The Bertz CT molecular complexity index is 840. The first kappa shape index (κ1) is 18.0. The van der Waals surface area contributed by atoms with Crippen LogP contribution in [0, 0.1) is 5.41 Å². The first-order chi connectivity index (χ1) is 13.1. The second kappa shape index (κ2) is 7.31. The average Bonchev–Trinajstić information content (AvgIpc) is 3.37. The Labute approximate surface area is 162 Å². The molecule has 7 nitrogen and oxygen atoms in total. The van der Waals surface area contributed by atoms with Crippen LogP contribution in [-0.2, 0) is 22.7 Å². The van der Waals surface area contributed by atoms with E-state index in [9.17, 15) is 9.59 Å². The van der Waals surface area contributed by atoms with Crippen molar-refractivity contribution >= 4 is 23.4 Å². The SMILES string of the molecule is O=C(CCn1cc(Cl)cn1)N1CCC2(CCN(Cc3ccccn3)C2=O)C1. The van der Waals surface area contributed by atoms with Gasteiger partial charge in [0.1, 0.15) is 0 Å². The maximum absolute atomic E-state index is 13.0. The highest BCUT2D eigenvalue weighted by molar-refractivity contribution is 6.30. The number of carbonyl (C=O) groups excluding carboxylic acids is 2. The number of aromatic nitrogens is 3. The van der Waals surface area contributed by atoms with E-state index in [0.29, 0.717) is 37.6 Å². The van der Waals surface area contributed by atoms with Crippen molar-refractivity contribution in [1.29, 1.82) is 0 Å². The van der Waals surface area contributed by atoms with Crippen LogP contribution in [0.4, 0.5) is 0 Å². The molecule has 4 rings (SSSR count). The van der Waals surface area contributed by atoms with E-state index in [2.05, 4.69) is 10.1 Å². The van der Waals surface area contributed by atoms with Crippen LogP contribution in [-0.4, -0.2) is 56.0 Å². The van der Waals surface area contributed by atoms with Gasteiger partial charge in [-0.3, -0.25) is 19.3 Å². The Hall–Kier alpha value is -2.41. The van der Waals surface area contributed by atoms with Crippen LogP contribution in [0.25, 0.3) is 0 Å². The van der Waals surface area contributed by atoms with Crippen LogP contribution in [0.15, 0.2) is 36.8 Å². The van der Waals surface area contributed by atoms with Gasteiger partial charge < -0.3 is 9.80 Å². The third kappa shape index (κ3) is 3.69. The van der Waals surface area contributed by atoms with Gasteiger partial charge in [-0.15, -0.1) is 0 Å². The Kier molecular flexibility index (Phi) is 4.86. The van der Waals surface area contributed by atoms with Crippen molar-refractivity contribution in [3.05, 3.63) is 47.5 Å². The molecule has 8 heteroatoms. The molecule has 0 aliphatic carbocycles. The number of rotatable bonds is 5. The highest BCUT2D eigenvalue weighted by Crippen LogP contribution is 2.41. The monoisotopic (exact) mass is 387 g/mol. The third-order valence-electron chi connectivity index (χ3n) is 5.54. The number of likely N-dealkylation sites (tertiary alicyclic amines) is 2. The van der Waals surface area contributed by atoms with Crippen molar-refractivity contribution in [2.24, 2.45) is 5.41 Å². The van der Waals surface area contributed by atoms with Crippen molar-refractivity contribution in [3.63, 3.8) is 0 Å². The van der Waals surface area contributed by atoms with Gasteiger partial charge in [0, 0.05) is 45.0 Å². The number of hydrogen-bond donors (Lipinski definition) is 0. The number of carbonyl (C=O) groups is 2. The van der Waals surface area contributed by atoms with E-state index in [1.165, 1.54) is 0 Å². The van der Waals surface area contributed by atoms with Gasteiger partial charge in [0.2, 0.25) is 11.8 Å². The fraction of sp³-hybridized carbons (Fsp3) is 0.474. The smallest absolute Gasteiger partial charge is 0.231 e. The number of nitrogens with zero attached hydrogens (tertiary/aromatic N) is 5. The van der Waals surface area contributed by atoms with Gasteiger partial charge in [0.25, 0.3) is 0 Å². The van der Waals surface area contributed by atoms with Crippen molar-refractivity contribution in [2.75, 3.05) is 19.6 Å². The van der Waals surface area contributed by atoms with Gasteiger partial charge in [-0.2, -0.15) is 5.10 Å². The van der Waals surface area contributed by atoms with Gasteiger partial charge in [0.05, 0.1) is 28.9 Å². The zero-order chi connectivity index (χ0) is 18.9. The lowest BCUT2D eigenvalue weighted by Gasteiger charge is -2.23. The van der Waals surface area contributed by atoms with Gasteiger partial charge in [-0.1, -0.05) is 17.7 Å². The minimum Gasteiger partial charge on any atom is -0.342 e. The predicted molar refractivity (Wildman–Crippen MR) is 99.8 cm³/mol. The predicted octanol–water partition coefficient (Wildman–Crippen LogP) is 1.97. The quantitative estimate of drug-likeness (QED) is 0.786. The van der Waals surface area contributed by atoms with Crippen molar-refractivity contribution < 1.29 is 9.59 Å². The summed E-state index contributed by atoms with van der Waals surface area (Å²) < 4.78 is 1.67. The summed E-state index contributed by atoms with van der Waals surface area (Å²) in [5, 5.41) is 4.66. The molecule has 0 bridgehead atoms. The molecule has 27 heavy (non-hydrogen) atoms. The highest BCUT2D eigenvalue weighted by atomic mass is 35.5. The number of hydrogen-bond acceptors (Lipinski definition) is 4. The number of halogens is 1. The summed E-state index contributed by atoms with van der Waals surface area (Å²) in [6.07, 6.45) is 6.91. The summed E-state index contributed by atoms with van der Waals surface area (Å²) in [5.41, 5.74) is 0.478. The fourth-order valence-electron chi connectivity index (χ4n) is 4.02. The Balaban J connectivity index is 1.34. The molecule has 2 aromatic rings. The Morgan fingerprint density at radius 3 is 2.85 bits per heavy atom. The molecule has 1 atom stereocenters. The molecule has 0 radical (unpaired) electrons. The minimum atomic E-state index is -0.417. The summed E-state index contributed by atoms with van der Waals surface area (Å²) in [6, 6.07) is 5.74. The van der Waals surface area contributed by atoms with E-state index in [-0.39, 0.29) is 11.8 Å². The van der Waals surface area contributed by atoms with Crippen LogP contribution in [0.1, 0.15) is 25.0 Å². The summed E-state index contributed by atoms with van der Waals surface area (Å²) >= 11 is 5.85. The molecule has 0 saturated carbocycles. The van der Waals surface area contributed by atoms with E-state index in [1.54, 1.807) is 23.3 Å². The molecule has 2 aliphatic rings. The molecular weight excluding hydrogens is 366 g/mol. The fourth-order valence-corrected chi connectivity index (χ4v) is 4.18. The molecule has 2 amide bonds. The third-order valence-corrected chi connectivity index (χ3v) is 5.74. The number of aryl methyl sites for hydroxylation is 1. The number of pyridine rings is 1. The average molecular weight is 388 g/mol. The second-order valence-electron chi connectivity index (χ2n) is 7.32. The standard InChI is InChI=1S/C19H22ClN5O2/c20-15-11-22-25(12-15)8-4-17(26)24-10-6-19(14-24)5-9-23(18(19)27)13-16-3-1-2-7-21-16/h1-3,7,11-12H,4-6,8-10,13-14H2. The van der Waals surface area contributed by atoms with Crippen LogP contribution in [0.3, 0.4) is 0 Å².